The molecule has 28 heavy (non-hydrogen) atoms. The van der Waals surface area contributed by atoms with Gasteiger partial charge >= 0.3 is 5.97 Å². The number of esters is 1. The van der Waals surface area contributed by atoms with Gasteiger partial charge < -0.3 is 20.1 Å². The van der Waals surface area contributed by atoms with Gasteiger partial charge in [0.2, 0.25) is 0 Å². The highest BCUT2D eigenvalue weighted by Crippen LogP contribution is 2.71. The van der Waals surface area contributed by atoms with E-state index in [-0.39, 0.29) is 23.8 Å². The molecule has 6 heteroatoms. The van der Waals surface area contributed by atoms with E-state index in [1.807, 2.05) is 20.8 Å². The van der Waals surface area contributed by atoms with Crippen LogP contribution in [0.25, 0.3) is 0 Å². The Labute approximate surface area is 166 Å². The highest BCUT2D eigenvalue weighted by Gasteiger charge is 2.75. The van der Waals surface area contributed by atoms with Crippen LogP contribution in [-0.2, 0) is 14.3 Å². The lowest BCUT2D eigenvalue weighted by Gasteiger charge is -2.67. The van der Waals surface area contributed by atoms with E-state index in [1.54, 1.807) is 0 Å². The summed E-state index contributed by atoms with van der Waals surface area (Å²) in [4.78, 5) is 24.9. The predicted molar refractivity (Wildman–Crippen MR) is 101 cm³/mol. The number of Topliss-reactive ketones (excluding diaryl/α,β-unsaturated/α-hetero) is 1. The summed E-state index contributed by atoms with van der Waals surface area (Å²) in [5.74, 6) is -1.57. The summed E-state index contributed by atoms with van der Waals surface area (Å²) in [5, 5.41) is 33.7. The Morgan fingerprint density at radius 2 is 1.82 bits per heavy atom. The molecule has 0 radical (unpaired) electrons. The van der Waals surface area contributed by atoms with Crippen LogP contribution in [0.15, 0.2) is 12.2 Å². The lowest BCUT2D eigenvalue weighted by atomic mass is 9.38. The fourth-order valence-corrected chi connectivity index (χ4v) is 7.94. The zero-order valence-electron chi connectivity index (χ0n) is 17.1. The van der Waals surface area contributed by atoms with E-state index >= 15 is 0 Å². The van der Waals surface area contributed by atoms with Crippen LogP contribution in [0.3, 0.4) is 0 Å². The quantitative estimate of drug-likeness (QED) is 0.463. The van der Waals surface area contributed by atoms with Crippen molar-refractivity contribution >= 4 is 11.8 Å². The van der Waals surface area contributed by atoms with Gasteiger partial charge in [-0.05, 0) is 42.6 Å². The average molecular weight is 392 g/mol. The molecule has 0 aromatic rings. The molecule has 9 atom stereocenters. The van der Waals surface area contributed by atoms with Crippen molar-refractivity contribution in [3.63, 3.8) is 0 Å². The predicted octanol–water partition coefficient (Wildman–Crippen LogP) is 1.61. The summed E-state index contributed by atoms with van der Waals surface area (Å²) < 4.78 is 5.57. The largest absolute Gasteiger partial charge is 0.462 e. The summed E-state index contributed by atoms with van der Waals surface area (Å²) >= 11 is 0. The van der Waals surface area contributed by atoms with Crippen molar-refractivity contribution in [1.29, 1.82) is 0 Å². The number of aliphatic hydroxyl groups is 3. The number of ether oxygens (including phenoxy) is 1. The van der Waals surface area contributed by atoms with Crippen LogP contribution in [0.2, 0.25) is 0 Å². The van der Waals surface area contributed by atoms with Crippen LogP contribution in [-0.4, -0.2) is 51.5 Å². The minimum absolute atomic E-state index is 0.133. The summed E-state index contributed by atoms with van der Waals surface area (Å²) in [6.07, 6.45) is -1.42. The van der Waals surface area contributed by atoms with Crippen molar-refractivity contribution < 1.29 is 29.6 Å². The number of rotatable bonds is 1. The second kappa shape index (κ2) is 5.89. The molecule has 9 unspecified atom stereocenters. The SMILES string of the molecule is C=C1C(=O)C23CC1CC(O)C2C1(C)CCC(OC(C)=O)C(C)(C)C1C(O)C3O. The van der Waals surface area contributed by atoms with Gasteiger partial charge in [0.25, 0.3) is 0 Å². The first-order chi connectivity index (χ1) is 12.9. The van der Waals surface area contributed by atoms with E-state index in [2.05, 4.69) is 6.58 Å². The maximum absolute atomic E-state index is 13.3. The Kier molecular flexibility index (Phi) is 4.22. The molecule has 2 bridgehead atoms. The van der Waals surface area contributed by atoms with Crippen LogP contribution >= 0.6 is 0 Å². The third-order valence-electron chi connectivity index (χ3n) is 8.76. The topological polar surface area (TPSA) is 104 Å². The van der Waals surface area contributed by atoms with Gasteiger partial charge in [-0.25, -0.2) is 0 Å². The minimum Gasteiger partial charge on any atom is -0.462 e. The average Bonchev–Trinajstić information content (AvgIpc) is 2.77. The zero-order chi connectivity index (χ0) is 20.8. The number of fused-ring (bicyclic) bond motifs is 3. The normalized spacial score (nSPS) is 52.0. The number of hydrogen-bond donors (Lipinski definition) is 3. The van der Waals surface area contributed by atoms with E-state index in [0.717, 1.165) is 0 Å². The van der Waals surface area contributed by atoms with Crippen LogP contribution in [0.1, 0.15) is 53.4 Å². The van der Waals surface area contributed by atoms with E-state index < -0.39 is 46.4 Å². The van der Waals surface area contributed by atoms with Crippen LogP contribution in [0.4, 0.5) is 0 Å². The van der Waals surface area contributed by atoms with Gasteiger partial charge in [0.05, 0.1) is 23.7 Å². The van der Waals surface area contributed by atoms with Crippen LogP contribution < -0.4 is 0 Å². The zero-order valence-corrected chi connectivity index (χ0v) is 17.1. The molecule has 4 rings (SSSR count). The van der Waals surface area contributed by atoms with E-state index in [4.69, 9.17) is 4.74 Å². The molecule has 0 amide bonds. The highest BCUT2D eigenvalue weighted by molar-refractivity contribution is 6.03. The van der Waals surface area contributed by atoms with Crippen molar-refractivity contribution in [1.82, 2.24) is 0 Å². The second-order valence-electron chi connectivity index (χ2n) is 10.5. The summed E-state index contributed by atoms with van der Waals surface area (Å²) in [6, 6.07) is 0. The van der Waals surface area contributed by atoms with Gasteiger partial charge in [-0.1, -0.05) is 27.4 Å². The standard InChI is InChI=1S/C22H32O6/c1-10-12-8-13(24)16-21(5)7-6-14(28-11(2)23)20(3,4)17(21)15(25)19(27)22(16,9-12)18(10)26/h12-17,19,24-25,27H,1,6-9H2,2-5H3. The third kappa shape index (κ3) is 2.20. The number of allylic oxidation sites excluding steroid dienone is 1. The number of hydrogen-bond acceptors (Lipinski definition) is 6. The highest BCUT2D eigenvalue weighted by atomic mass is 16.5. The molecule has 1 spiro atoms. The lowest BCUT2D eigenvalue weighted by molar-refractivity contribution is -0.279. The molecule has 156 valence electrons. The van der Waals surface area contributed by atoms with E-state index in [1.165, 1.54) is 6.92 Å². The Balaban J connectivity index is 1.85. The molecule has 0 saturated heterocycles. The van der Waals surface area contributed by atoms with Crippen molar-refractivity contribution in [3.05, 3.63) is 12.2 Å². The first-order valence-electron chi connectivity index (χ1n) is 10.3. The fourth-order valence-electron chi connectivity index (χ4n) is 7.94. The third-order valence-corrected chi connectivity index (χ3v) is 8.76. The van der Waals surface area contributed by atoms with Gasteiger partial charge in [0.15, 0.2) is 5.78 Å². The molecule has 4 aliphatic rings. The molecular weight excluding hydrogens is 360 g/mol. The number of carbonyl (C=O) groups excluding carboxylic acids is 2. The Hall–Kier alpha value is -1.24. The molecule has 0 aromatic carbocycles. The first-order valence-corrected chi connectivity index (χ1v) is 10.3. The summed E-state index contributed by atoms with van der Waals surface area (Å²) in [5.41, 5.74) is -1.88. The minimum atomic E-state index is -1.27. The number of carbonyl (C=O) groups is 2. The smallest absolute Gasteiger partial charge is 0.302 e. The molecule has 0 heterocycles. The van der Waals surface area contributed by atoms with E-state index in [9.17, 15) is 24.9 Å². The fraction of sp³-hybridized carbons (Fsp3) is 0.818. The van der Waals surface area contributed by atoms with Gasteiger partial charge in [0, 0.05) is 24.2 Å². The van der Waals surface area contributed by atoms with Gasteiger partial charge in [0.1, 0.15) is 6.10 Å². The molecule has 4 saturated carbocycles. The number of ketones is 1. The molecule has 4 aliphatic carbocycles. The Bertz CT molecular complexity index is 743. The Morgan fingerprint density at radius 3 is 2.43 bits per heavy atom. The van der Waals surface area contributed by atoms with Crippen molar-refractivity contribution in [2.75, 3.05) is 0 Å². The molecule has 0 aromatic heterocycles. The Morgan fingerprint density at radius 1 is 1.18 bits per heavy atom. The molecule has 0 aliphatic heterocycles. The monoisotopic (exact) mass is 392 g/mol. The molecule has 4 fully saturated rings. The summed E-state index contributed by atoms with van der Waals surface area (Å²) in [7, 11) is 0. The molecular formula is C22H32O6. The van der Waals surface area contributed by atoms with E-state index in [0.29, 0.717) is 31.3 Å². The van der Waals surface area contributed by atoms with Crippen LogP contribution in [0.5, 0.6) is 0 Å². The summed E-state index contributed by atoms with van der Waals surface area (Å²) in [6.45, 7) is 11.2. The maximum Gasteiger partial charge on any atom is 0.302 e. The van der Waals surface area contributed by atoms with Crippen LogP contribution in [0, 0.1) is 34.0 Å². The second-order valence-corrected chi connectivity index (χ2v) is 10.5. The van der Waals surface area contributed by atoms with Crippen molar-refractivity contribution in [2.24, 2.45) is 34.0 Å². The molecule has 6 nitrogen and oxygen atoms in total. The number of aliphatic hydroxyl groups excluding tert-OH is 3. The van der Waals surface area contributed by atoms with Gasteiger partial charge in [-0.15, -0.1) is 0 Å². The van der Waals surface area contributed by atoms with Crippen molar-refractivity contribution in [2.45, 2.75) is 77.8 Å². The van der Waals surface area contributed by atoms with Gasteiger partial charge in [-0.3, -0.25) is 9.59 Å². The maximum atomic E-state index is 13.3. The molecule has 3 N–H and O–H groups in total. The lowest BCUT2D eigenvalue weighted by Crippen LogP contribution is -2.73. The first kappa shape index (κ1) is 20.0. The van der Waals surface area contributed by atoms with Crippen molar-refractivity contribution in [3.8, 4) is 0 Å². The van der Waals surface area contributed by atoms with Gasteiger partial charge in [-0.2, -0.15) is 0 Å².